The molecular weight excluding hydrogens is 632 g/mol. The summed E-state index contributed by atoms with van der Waals surface area (Å²) in [6.07, 6.45) is -5.04. The van der Waals surface area contributed by atoms with Gasteiger partial charge in [-0.25, -0.2) is 18.7 Å². The maximum atomic E-state index is 15.5. The number of fused-ring (bicyclic) bond motifs is 2. The number of carbonyl (C=O) groups excluding carboxylic acids is 1. The molecule has 5 rings (SSSR count). The number of aryl methyl sites for hydroxylation is 1. The molecule has 2 aromatic carbocycles. The van der Waals surface area contributed by atoms with E-state index in [1.165, 1.54) is 22.7 Å². The first-order chi connectivity index (χ1) is 21.5. The van der Waals surface area contributed by atoms with Crippen LogP contribution in [0.15, 0.2) is 30.3 Å². The molecule has 0 saturated carbocycles. The molecule has 46 heavy (non-hydrogen) atoms. The van der Waals surface area contributed by atoms with Gasteiger partial charge in [-0.1, -0.05) is 17.7 Å². The van der Waals surface area contributed by atoms with Crippen molar-refractivity contribution in [3.8, 4) is 17.0 Å². The van der Waals surface area contributed by atoms with Gasteiger partial charge in [-0.3, -0.25) is 4.79 Å². The van der Waals surface area contributed by atoms with Gasteiger partial charge in [0.2, 0.25) is 0 Å². The summed E-state index contributed by atoms with van der Waals surface area (Å²) in [7, 11) is 0. The van der Waals surface area contributed by atoms with Crippen LogP contribution >= 0.6 is 11.6 Å². The van der Waals surface area contributed by atoms with Crippen molar-refractivity contribution in [3.63, 3.8) is 0 Å². The van der Waals surface area contributed by atoms with Crippen LogP contribution in [-0.2, 0) is 28.7 Å². The normalized spacial score (nSPS) is 14.1. The van der Waals surface area contributed by atoms with Crippen LogP contribution in [-0.4, -0.2) is 43.8 Å². The first-order valence-corrected chi connectivity index (χ1v) is 14.7. The third-order valence-electron chi connectivity index (χ3n) is 7.50. The first-order valence-electron chi connectivity index (χ1n) is 14.4. The minimum Gasteiger partial charge on any atom is -0.490 e. The summed E-state index contributed by atoms with van der Waals surface area (Å²) in [5.41, 5.74) is 0.311. The molecule has 1 amide bonds. The van der Waals surface area contributed by atoms with Crippen LogP contribution in [0.25, 0.3) is 16.9 Å². The number of rotatable bonds is 7. The minimum absolute atomic E-state index is 0.116. The maximum absolute atomic E-state index is 15.5. The van der Waals surface area contributed by atoms with Gasteiger partial charge in [0.15, 0.2) is 29.0 Å². The first kappa shape index (κ1) is 33.1. The van der Waals surface area contributed by atoms with E-state index in [9.17, 15) is 27.9 Å². The molecule has 3 heterocycles. The number of nitrogens with zero attached hydrogens (tertiary/aromatic N) is 3. The second-order valence-electron chi connectivity index (χ2n) is 12.0. The van der Waals surface area contributed by atoms with E-state index in [1.807, 2.05) is 0 Å². The Bertz CT molecular complexity index is 1870. The zero-order valence-corrected chi connectivity index (χ0v) is 26.4. The monoisotopic (exact) mass is 662 g/mol. The zero-order chi connectivity index (χ0) is 33.7. The number of carbonyl (C=O) groups is 2. The molecule has 244 valence electrons. The maximum Gasteiger partial charge on any atom is 0.417 e. The number of carboxylic acids is 1. The molecule has 4 aromatic rings. The van der Waals surface area contributed by atoms with Crippen LogP contribution in [0.3, 0.4) is 0 Å². The molecule has 1 aliphatic rings. The van der Waals surface area contributed by atoms with Crippen molar-refractivity contribution in [1.29, 1.82) is 0 Å². The van der Waals surface area contributed by atoms with E-state index >= 15 is 4.39 Å². The zero-order valence-electron chi connectivity index (χ0n) is 25.6. The van der Waals surface area contributed by atoms with Gasteiger partial charge in [-0.2, -0.15) is 18.3 Å². The summed E-state index contributed by atoms with van der Waals surface area (Å²) in [5.74, 6) is -2.56. The average Bonchev–Trinajstić information content (AvgIpc) is 3.39. The number of ether oxygens (including phenoxy) is 2. The Balaban J connectivity index is 1.65. The Morgan fingerprint density at radius 1 is 1.17 bits per heavy atom. The number of nitrogens with one attached hydrogen (secondary N) is 1. The molecule has 1 atom stereocenters. The van der Waals surface area contributed by atoms with Crippen molar-refractivity contribution in [3.05, 3.63) is 80.4 Å². The molecule has 0 aliphatic carbocycles. The van der Waals surface area contributed by atoms with Crippen LogP contribution in [0, 0.1) is 19.7 Å². The summed E-state index contributed by atoms with van der Waals surface area (Å²) in [4.78, 5) is 30.4. The highest BCUT2D eigenvalue weighted by Crippen LogP contribution is 2.42. The van der Waals surface area contributed by atoms with Crippen molar-refractivity contribution in [1.82, 2.24) is 19.9 Å². The molecule has 0 radical (unpaired) electrons. The van der Waals surface area contributed by atoms with Gasteiger partial charge in [0, 0.05) is 35.0 Å². The lowest BCUT2D eigenvalue weighted by molar-refractivity contribution is -0.160. The summed E-state index contributed by atoms with van der Waals surface area (Å²) in [6.45, 7) is 8.52. The quantitative estimate of drug-likeness (QED) is 0.204. The summed E-state index contributed by atoms with van der Waals surface area (Å²) in [6, 6.07) is 5.90. The van der Waals surface area contributed by atoms with E-state index in [0.717, 1.165) is 12.1 Å². The van der Waals surface area contributed by atoms with E-state index in [2.05, 4.69) is 15.4 Å². The van der Waals surface area contributed by atoms with Crippen molar-refractivity contribution in [2.24, 2.45) is 0 Å². The van der Waals surface area contributed by atoms with E-state index in [1.54, 1.807) is 34.6 Å². The highest BCUT2D eigenvalue weighted by molar-refractivity contribution is 6.31. The lowest BCUT2D eigenvalue weighted by atomic mass is 9.91. The van der Waals surface area contributed by atoms with Gasteiger partial charge in [-0.15, -0.1) is 0 Å². The molecule has 2 N–H and O–H groups in total. The summed E-state index contributed by atoms with van der Waals surface area (Å²) >= 11 is 5.71. The molecule has 0 saturated heterocycles. The molecule has 14 heteroatoms. The molecule has 0 spiro atoms. The highest BCUT2D eigenvalue weighted by Gasteiger charge is 2.35. The second-order valence-corrected chi connectivity index (χ2v) is 12.4. The standard InChI is InChI=1S/C32H31ClF4N4O5/c1-15-18-7-6-10-45-27(18)22(34)12-19(15)26-25(28(30(43)44)46-31(3,4)5)16(2)39-24-13-23(40-41(24)26)29(42)38-14-17-8-9-21(33)20(11-17)32(35,36)37/h8-9,11-13,28H,6-7,10,14H2,1-5H3,(H,38,42)(H,43,44)/t28-/m0/s1. The van der Waals surface area contributed by atoms with E-state index in [0.29, 0.717) is 36.1 Å². The Morgan fingerprint density at radius 3 is 2.54 bits per heavy atom. The van der Waals surface area contributed by atoms with Gasteiger partial charge in [0.25, 0.3) is 5.91 Å². The van der Waals surface area contributed by atoms with Crippen molar-refractivity contribution in [2.45, 2.75) is 71.9 Å². The number of carboxylic acid groups (broad SMARTS) is 1. The van der Waals surface area contributed by atoms with Crippen molar-refractivity contribution >= 4 is 29.1 Å². The van der Waals surface area contributed by atoms with Crippen LogP contribution < -0.4 is 10.1 Å². The predicted molar refractivity (Wildman–Crippen MR) is 161 cm³/mol. The third-order valence-corrected chi connectivity index (χ3v) is 7.83. The number of halogens is 5. The lowest BCUT2D eigenvalue weighted by Crippen LogP contribution is -2.29. The Kier molecular flexibility index (Phi) is 8.77. The smallest absolute Gasteiger partial charge is 0.417 e. The summed E-state index contributed by atoms with van der Waals surface area (Å²) < 4.78 is 68.4. The molecular formula is C32H31ClF4N4O5. The fraction of sp³-hybridized carbons (Fsp3) is 0.375. The topological polar surface area (TPSA) is 115 Å². The van der Waals surface area contributed by atoms with Crippen LogP contribution in [0.4, 0.5) is 17.6 Å². The Morgan fingerprint density at radius 2 is 1.89 bits per heavy atom. The number of aromatic nitrogens is 3. The number of benzene rings is 2. The van der Waals surface area contributed by atoms with Gasteiger partial charge >= 0.3 is 12.1 Å². The highest BCUT2D eigenvalue weighted by atomic mass is 35.5. The van der Waals surface area contributed by atoms with Crippen LogP contribution in [0.1, 0.15) is 77.3 Å². The van der Waals surface area contributed by atoms with Crippen molar-refractivity contribution in [2.75, 3.05) is 6.61 Å². The number of amides is 1. The van der Waals surface area contributed by atoms with E-state index < -0.39 is 46.2 Å². The summed E-state index contributed by atoms with van der Waals surface area (Å²) in [5, 5.41) is 16.8. The third kappa shape index (κ3) is 6.52. The Labute approximate surface area is 266 Å². The Hall–Kier alpha value is -4.23. The van der Waals surface area contributed by atoms with Crippen LogP contribution in [0.5, 0.6) is 5.75 Å². The van der Waals surface area contributed by atoms with Gasteiger partial charge in [-0.05, 0) is 76.8 Å². The molecule has 2 aromatic heterocycles. The molecule has 0 bridgehead atoms. The fourth-order valence-corrected chi connectivity index (χ4v) is 5.70. The SMILES string of the molecule is Cc1nc2cc(C(=O)NCc3ccc(Cl)c(C(F)(F)F)c3)nn2c(-c2cc(F)c3c(c2C)CCCO3)c1[C@H](OC(C)(C)C)C(=O)O. The van der Waals surface area contributed by atoms with Gasteiger partial charge in [0.05, 0.1) is 28.5 Å². The van der Waals surface area contributed by atoms with Crippen LogP contribution in [0.2, 0.25) is 5.02 Å². The predicted octanol–water partition coefficient (Wildman–Crippen LogP) is 7.02. The fourth-order valence-electron chi connectivity index (χ4n) is 5.48. The largest absolute Gasteiger partial charge is 0.490 e. The lowest BCUT2D eigenvalue weighted by Gasteiger charge is -2.28. The van der Waals surface area contributed by atoms with Gasteiger partial charge < -0.3 is 19.9 Å². The van der Waals surface area contributed by atoms with Crippen molar-refractivity contribution < 1.29 is 41.7 Å². The molecule has 0 fully saturated rings. The number of alkyl halides is 3. The number of hydrogen-bond acceptors (Lipinski definition) is 6. The molecule has 1 aliphatic heterocycles. The van der Waals surface area contributed by atoms with E-state index in [-0.39, 0.29) is 46.2 Å². The second kappa shape index (κ2) is 12.2. The van der Waals surface area contributed by atoms with E-state index in [4.69, 9.17) is 21.1 Å². The number of hydrogen-bond donors (Lipinski definition) is 2. The van der Waals surface area contributed by atoms with Gasteiger partial charge in [0.1, 0.15) is 0 Å². The molecule has 0 unspecified atom stereocenters. The molecule has 9 nitrogen and oxygen atoms in total. The minimum atomic E-state index is -4.68. The number of aliphatic carboxylic acids is 1. The average molecular weight is 663 g/mol.